The summed E-state index contributed by atoms with van der Waals surface area (Å²) >= 11 is 0. The Labute approximate surface area is 170 Å². The van der Waals surface area contributed by atoms with Crippen LogP contribution in [0.15, 0.2) is 36.5 Å². The van der Waals surface area contributed by atoms with Gasteiger partial charge in [0.2, 0.25) is 11.7 Å². The molecule has 8 nitrogen and oxygen atoms in total. The molecule has 8 heteroatoms. The molecule has 2 heterocycles. The number of methoxy groups -OCH3 is 1. The van der Waals surface area contributed by atoms with Gasteiger partial charge in [-0.2, -0.15) is 10.2 Å². The van der Waals surface area contributed by atoms with Crippen molar-refractivity contribution in [3.05, 3.63) is 42.4 Å². The lowest BCUT2D eigenvalue weighted by Crippen LogP contribution is -2.52. The lowest BCUT2D eigenvalue weighted by molar-refractivity contribution is 0.244. The van der Waals surface area contributed by atoms with Crippen molar-refractivity contribution in [1.82, 2.24) is 15.3 Å². The van der Waals surface area contributed by atoms with Gasteiger partial charge in [-0.25, -0.2) is 9.78 Å². The van der Waals surface area contributed by atoms with Gasteiger partial charge in [-0.3, -0.25) is 9.80 Å². The minimum atomic E-state index is -0.301. The van der Waals surface area contributed by atoms with Gasteiger partial charge in [0.25, 0.3) is 0 Å². The minimum absolute atomic E-state index is 0.0152. The van der Waals surface area contributed by atoms with Gasteiger partial charge >= 0.3 is 6.03 Å². The summed E-state index contributed by atoms with van der Waals surface area (Å²) in [6.45, 7) is 0.531. The minimum Gasteiger partial charge on any atom is -0.479 e. The van der Waals surface area contributed by atoms with Crippen LogP contribution in [-0.2, 0) is 0 Å². The fraction of sp³-hybridized carbons (Fsp3) is 0.429. The first-order chi connectivity index (χ1) is 14.1. The SMILES string of the molecule is CNC1CCC2(CC1)CN(c1cnc(C#N)nc1OC)C(=O)N2c1ccccc1. The molecule has 1 aliphatic carbocycles. The molecule has 0 bridgehead atoms. The predicted molar refractivity (Wildman–Crippen MR) is 109 cm³/mol. The number of ether oxygens (including phenoxy) is 1. The van der Waals surface area contributed by atoms with E-state index in [0.29, 0.717) is 18.3 Å². The van der Waals surface area contributed by atoms with Gasteiger partial charge in [-0.15, -0.1) is 0 Å². The molecular formula is C21H24N6O2. The van der Waals surface area contributed by atoms with Crippen molar-refractivity contribution in [2.45, 2.75) is 37.3 Å². The van der Waals surface area contributed by atoms with E-state index in [1.54, 1.807) is 4.90 Å². The normalized spacial score (nSPS) is 24.0. The second-order valence-corrected chi connectivity index (χ2v) is 7.53. The molecule has 0 atom stereocenters. The van der Waals surface area contributed by atoms with E-state index < -0.39 is 0 Å². The molecule has 2 aliphatic rings. The Morgan fingerprint density at radius 2 is 2.00 bits per heavy atom. The Bertz CT molecular complexity index is 934. The summed E-state index contributed by atoms with van der Waals surface area (Å²) in [5.74, 6) is 0.250. The van der Waals surface area contributed by atoms with Crippen LogP contribution in [0, 0.1) is 11.3 Å². The smallest absolute Gasteiger partial charge is 0.329 e. The van der Waals surface area contributed by atoms with E-state index in [1.807, 2.05) is 48.3 Å². The van der Waals surface area contributed by atoms with E-state index in [-0.39, 0.29) is 23.3 Å². The largest absolute Gasteiger partial charge is 0.479 e. The second kappa shape index (κ2) is 7.68. The number of carbonyl (C=O) groups is 1. The highest BCUT2D eigenvalue weighted by atomic mass is 16.5. The zero-order valence-corrected chi connectivity index (χ0v) is 16.6. The maximum Gasteiger partial charge on any atom is 0.329 e. The third-order valence-corrected chi connectivity index (χ3v) is 6.01. The van der Waals surface area contributed by atoms with Crippen LogP contribution in [0.3, 0.4) is 0 Å². The zero-order chi connectivity index (χ0) is 20.4. The van der Waals surface area contributed by atoms with Crippen molar-refractivity contribution in [1.29, 1.82) is 5.26 Å². The molecular weight excluding hydrogens is 368 g/mol. The van der Waals surface area contributed by atoms with E-state index in [1.165, 1.54) is 13.3 Å². The third kappa shape index (κ3) is 3.28. The van der Waals surface area contributed by atoms with E-state index in [9.17, 15) is 4.79 Å². The number of amides is 2. The second-order valence-electron chi connectivity index (χ2n) is 7.53. The average Bonchev–Trinajstić information content (AvgIpc) is 3.05. The standard InChI is InChI=1S/C21H24N6O2/c1-23-15-8-10-21(11-9-15)14-26(17-13-24-18(12-22)25-19(17)29-2)20(28)27(21)16-6-4-3-5-7-16/h3-7,13,15,23H,8-11,14H2,1-2H3. The molecule has 1 N–H and O–H groups in total. The molecule has 1 saturated carbocycles. The molecule has 1 aromatic heterocycles. The highest BCUT2D eigenvalue weighted by Gasteiger charge is 2.52. The molecule has 4 rings (SSSR count). The first-order valence-electron chi connectivity index (χ1n) is 9.77. The van der Waals surface area contributed by atoms with Crippen molar-refractivity contribution < 1.29 is 9.53 Å². The van der Waals surface area contributed by atoms with Gasteiger partial charge in [0, 0.05) is 11.7 Å². The topological polar surface area (TPSA) is 94.4 Å². The highest BCUT2D eigenvalue weighted by Crippen LogP contribution is 2.44. The average molecular weight is 392 g/mol. The van der Waals surface area contributed by atoms with Gasteiger partial charge in [0.05, 0.1) is 25.4 Å². The lowest BCUT2D eigenvalue weighted by atomic mass is 9.78. The number of rotatable bonds is 4. The van der Waals surface area contributed by atoms with Gasteiger partial charge < -0.3 is 10.1 Å². The zero-order valence-electron chi connectivity index (χ0n) is 16.6. The Morgan fingerprint density at radius 3 is 2.62 bits per heavy atom. The first kappa shape index (κ1) is 19.2. The van der Waals surface area contributed by atoms with Gasteiger partial charge in [-0.1, -0.05) is 18.2 Å². The molecule has 1 aliphatic heterocycles. The van der Waals surface area contributed by atoms with Crippen molar-refractivity contribution in [3.8, 4) is 11.9 Å². The van der Waals surface area contributed by atoms with E-state index in [4.69, 9.17) is 10.00 Å². The molecule has 1 spiro atoms. The van der Waals surface area contributed by atoms with E-state index in [2.05, 4.69) is 15.3 Å². The molecule has 0 unspecified atom stereocenters. The molecule has 2 fully saturated rings. The maximum absolute atomic E-state index is 13.6. The summed E-state index contributed by atoms with van der Waals surface area (Å²) in [7, 11) is 3.47. The fourth-order valence-corrected chi connectivity index (χ4v) is 4.48. The number of para-hydroxylation sites is 1. The predicted octanol–water partition coefficient (Wildman–Crippen LogP) is 2.70. The summed E-state index contributed by atoms with van der Waals surface area (Å²) in [5, 5.41) is 12.4. The number of nitrogens with one attached hydrogen (secondary N) is 1. The number of urea groups is 1. The number of aromatic nitrogens is 2. The number of hydrogen-bond acceptors (Lipinski definition) is 6. The quantitative estimate of drug-likeness (QED) is 0.860. The Balaban J connectivity index is 1.75. The van der Waals surface area contributed by atoms with Crippen molar-refractivity contribution in [2.24, 2.45) is 0 Å². The molecule has 29 heavy (non-hydrogen) atoms. The van der Waals surface area contributed by atoms with Crippen molar-refractivity contribution in [2.75, 3.05) is 30.5 Å². The molecule has 0 radical (unpaired) electrons. The molecule has 2 amide bonds. The number of benzene rings is 1. The Hall–Kier alpha value is -3.18. The summed E-state index contributed by atoms with van der Waals surface area (Å²) in [6, 6.07) is 12.0. The molecule has 1 aromatic carbocycles. The fourth-order valence-electron chi connectivity index (χ4n) is 4.48. The van der Waals surface area contributed by atoms with Crippen LogP contribution in [0.4, 0.5) is 16.2 Å². The summed E-state index contributed by atoms with van der Waals surface area (Å²) in [5.41, 5.74) is 1.08. The summed E-state index contributed by atoms with van der Waals surface area (Å²) in [4.78, 5) is 25.4. The van der Waals surface area contributed by atoms with E-state index >= 15 is 0 Å². The summed E-state index contributed by atoms with van der Waals surface area (Å²) in [6.07, 6.45) is 5.30. The number of nitrogens with zero attached hydrogens (tertiary/aromatic N) is 5. The Kier molecular flexibility index (Phi) is 5.07. The van der Waals surface area contributed by atoms with Crippen LogP contribution in [0.1, 0.15) is 31.5 Å². The van der Waals surface area contributed by atoms with Crippen LogP contribution in [0.5, 0.6) is 5.88 Å². The highest BCUT2D eigenvalue weighted by molar-refractivity contribution is 6.08. The van der Waals surface area contributed by atoms with Crippen molar-refractivity contribution in [3.63, 3.8) is 0 Å². The number of hydrogen-bond donors (Lipinski definition) is 1. The summed E-state index contributed by atoms with van der Waals surface area (Å²) < 4.78 is 5.38. The van der Waals surface area contributed by atoms with Crippen LogP contribution in [-0.4, -0.2) is 48.3 Å². The number of carbonyl (C=O) groups excluding carboxylic acids is 1. The maximum atomic E-state index is 13.6. The monoisotopic (exact) mass is 392 g/mol. The van der Waals surface area contributed by atoms with Crippen LogP contribution in [0.25, 0.3) is 0 Å². The first-order valence-corrected chi connectivity index (χ1v) is 9.77. The molecule has 1 saturated heterocycles. The number of nitriles is 1. The Morgan fingerprint density at radius 1 is 1.28 bits per heavy atom. The van der Waals surface area contributed by atoms with Crippen LogP contribution in [0.2, 0.25) is 0 Å². The molecule has 2 aromatic rings. The van der Waals surface area contributed by atoms with Gasteiger partial charge in [0.1, 0.15) is 11.8 Å². The van der Waals surface area contributed by atoms with Crippen molar-refractivity contribution >= 4 is 17.4 Å². The van der Waals surface area contributed by atoms with Crippen LogP contribution < -0.4 is 19.9 Å². The van der Waals surface area contributed by atoms with E-state index in [0.717, 1.165) is 31.4 Å². The van der Waals surface area contributed by atoms with Gasteiger partial charge in [0.15, 0.2) is 0 Å². The third-order valence-electron chi connectivity index (χ3n) is 6.01. The molecule has 150 valence electrons. The van der Waals surface area contributed by atoms with Gasteiger partial charge in [-0.05, 0) is 44.9 Å². The lowest BCUT2D eigenvalue weighted by Gasteiger charge is -2.42. The van der Waals surface area contributed by atoms with Crippen LogP contribution >= 0.6 is 0 Å². The number of anilines is 2.